The first-order valence-electron chi connectivity index (χ1n) is 9.56. The van der Waals surface area contributed by atoms with E-state index >= 15 is 0 Å². The molecule has 0 radical (unpaired) electrons. The summed E-state index contributed by atoms with van der Waals surface area (Å²) in [5.74, 6) is -0.0363. The summed E-state index contributed by atoms with van der Waals surface area (Å²) in [5.41, 5.74) is 4.38. The number of amides is 2. The van der Waals surface area contributed by atoms with Crippen molar-refractivity contribution < 1.29 is 9.59 Å². The molecule has 2 aromatic rings. The van der Waals surface area contributed by atoms with E-state index in [4.69, 9.17) is 0 Å². The highest BCUT2D eigenvalue weighted by molar-refractivity contribution is 6.04. The van der Waals surface area contributed by atoms with Gasteiger partial charge in [-0.1, -0.05) is 29.8 Å². The number of nitrogens with zero attached hydrogens (tertiary/aromatic N) is 2. The van der Waals surface area contributed by atoms with Crippen LogP contribution in [0.4, 0.5) is 5.69 Å². The summed E-state index contributed by atoms with van der Waals surface area (Å²) in [7, 11) is 2.02. The van der Waals surface area contributed by atoms with Crippen LogP contribution >= 0.6 is 0 Å². The average Bonchev–Trinajstić information content (AvgIpc) is 2.70. The van der Waals surface area contributed by atoms with Gasteiger partial charge in [0, 0.05) is 25.7 Å². The molecule has 0 aromatic heterocycles. The standard InChI is InChI=1S/C22H25N3O2/c1-15-6-5-7-16(12-15)14-23-21(26)17-9-10-18-19(13-17)24(2)20-8-3-4-11-25(20)22(18)27/h5-7,9-10,12-13,20H,3-4,8,11,14H2,1-2H3,(H,23,26)/t20-/m0/s1. The van der Waals surface area contributed by atoms with Crippen LogP contribution in [0, 0.1) is 6.92 Å². The molecule has 1 N–H and O–H groups in total. The molecule has 4 rings (SSSR count). The van der Waals surface area contributed by atoms with Gasteiger partial charge < -0.3 is 15.1 Å². The molecular weight excluding hydrogens is 338 g/mol. The molecular formula is C22H25N3O2. The molecule has 1 atom stereocenters. The van der Waals surface area contributed by atoms with Gasteiger partial charge >= 0.3 is 0 Å². The monoisotopic (exact) mass is 363 g/mol. The predicted molar refractivity (Wildman–Crippen MR) is 106 cm³/mol. The average molecular weight is 363 g/mol. The van der Waals surface area contributed by atoms with Gasteiger partial charge in [0.15, 0.2) is 0 Å². The van der Waals surface area contributed by atoms with E-state index in [0.29, 0.717) is 17.7 Å². The fraction of sp³-hybridized carbons (Fsp3) is 0.364. The molecule has 27 heavy (non-hydrogen) atoms. The van der Waals surface area contributed by atoms with Crippen molar-refractivity contribution in [1.82, 2.24) is 10.2 Å². The van der Waals surface area contributed by atoms with Gasteiger partial charge in [0.2, 0.25) is 0 Å². The molecule has 2 aliphatic heterocycles. The van der Waals surface area contributed by atoms with Crippen LogP contribution in [0.25, 0.3) is 0 Å². The molecule has 1 saturated heterocycles. The van der Waals surface area contributed by atoms with Crippen molar-refractivity contribution in [3.05, 3.63) is 64.7 Å². The first-order valence-corrected chi connectivity index (χ1v) is 9.56. The fourth-order valence-electron chi connectivity index (χ4n) is 4.12. The van der Waals surface area contributed by atoms with E-state index in [1.165, 1.54) is 5.56 Å². The van der Waals surface area contributed by atoms with Gasteiger partial charge in [-0.3, -0.25) is 9.59 Å². The molecule has 2 amide bonds. The SMILES string of the molecule is Cc1cccc(CNC(=O)c2ccc3c(c2)N(C)[C@@H]2CCCCN2C3=O)c1. The molecule has 0 bridgehead atoms. The normalized spacial score (nSPS) is 18.7. The lowest BCUT2D eigenvalue weighted by molar-refractivity contribution is 0.0589. The van der Waals surface area contributed by atoms with Gasteiger partial charge in [-0.2, -0.15) is 0 Å². The number of anilines is 1. The Kier molecular flexibility index (Phi) is 4.60. The molecule has 2 aromatic carbocycles. The third kappa shape index (κ3) is 3.29. The molecule has 5 nitrogen and oxygen atoms in total. The van der Waals surface area contributed by atoms with E-state index in [1.807, 2.05) is 43.1 Å². The van der Waals surface area contributed by atoms with Gasteiger partial charge in [-0.05, 0) is 49.9 Å². The van der Waals surface area contributed by atoms with Crippen LogP contribution in [0.5, 0.6) is 0 Å². The maximum absolute atomic E-state index is 12.8. The van der Waals surface area contributed by atoms with Gasteiger partial charge in [0.25, 0.3) is 11.8 Å². The van der Waals surface area contributed by atoms with E-state index in [0.717, 1.165) is 37.1 Å². The Balaban J connectivity index is 1.54. The van der Waals surface area contributed by atoms with Gasteiger partial charge in [-0.25, -0.2) is 0 Å². The minimum atomic E-state index is -0.119. The molecule has 5 heteroatoms. The Morgan fingerprint density at radius 1 is 1.19 bits per heavy atom. The number of aryl methyl sites for hydroxylation is 1. The van der Waals surface area contributed by atoms with Crippen LogP contribution in [-0.2, 0) is 6.54 Å². The van der Waals surface area contributed by atoms with Crippen molar-refractivity contribution in [2.75, 3.05) is 18.5 Å². The number of benzene rings is 2. The number of hydrogen-bond donors (Lipinski definition) is 1. The summed E-state index contributed by atoms with van der Waals surface area (Å²) in [6.45, 7) is 3.34. The zero-order chi connectivity index (χ0) is 19.0. The third-order valence-electron chi connectivity index (χ3n) is 5.58. The maximum atomic E-state index is 12.8. The minimum absolute atomic E-state index is 0.0829. The van der Waals surface area contributed by atoms with Crippen molar-refractivity contribution in [3.8, 4) is 0 Å². The Bertz CT molecular complexity index is 893. The first kappa shape index (κ1) is 17.6. The summed E-state index contributed by atoms with van der Waals surface area (Å²) in [4.78, 5) is 29.6. The summed E-state index contributed by atoms with van der Waals surface area (Å²) < 4.78 is 0. The Morgan fingerprint density at radius 2 is 2.04 bits per heavy atom. The first-order chi connectivity index (χ1) is 13.0. The second kappa shape index (κ2) is 7.06. The van der Waals surface area contributed by atoms with E-state index < -0.39 is 0 Å². The molecule has 2 aliphatic rings. The van der Waals surface area contributed by atoms with E-state index in [9.17, 15) is 9.59 Å². The predicted octanol–water partition coefficient (Wildman–Crippen LogP) is 3.33. The summed E-state index contributed by atoms with van der Waals surface area (Å²) in [6.07, 6.45) is 3.27. The van der Waals surface area contributed by atoms with Gasteiger partial charge in [0.1, 0.15) is 6.17 Å². The Labute approximate surface area is 160 Å². The number of rotatable bonds is 3. The maximum Gasteiger partial charge on any atom is 0.257 e. The lowest BCUT2D eigenvalue weighted by Crippen LogP contribution is -2.55. The number of carbonyl (C=O) groups excluding carboxylic acids is 2. The molecule has 1 fully saturated rings. The van der Waals surface area contributed by atoms with Crippen molar-refractivity contribution in [3.63, 3.8) is 0 Å². The molecule has 0 aliphatic carbocycles. The Hall–Kier alpha value is -2.82. The number of fused-ring (bicyclic) bond motifs is 2. The topological polar surface area (TPSA) is 52.7 Å². The van der Waals surface area contributed by atoms with Crippen LogP contribution < -0.4 is 10.2 Å². The van der Waals surface area contributed by atoms with E-state index in [1.54, 1.807) is 12.1 Å². The van der Waals surface area contributed by atoms with Gasteiger partial charge in [-0.15, -0.1) is 0 Å². The van der Waals surface area contributed by atoms with Crippen LogP contribution in [0.3, 0.4) is 0 Å². The second-order valence-electron chi connectivity index (χ2n) is 7.49. The smallest absolute Gasteiger partial charge is 0.257 e. The van der Waals surface area contributed by atoms with Crippen molar-refractivity contribution >= 4 is 17.5 Å². The van der Waals surface area contributed by atoms with E-state index in [-0.39, 0.29) is 18.0 Å². The molecule has 2 heterocycles. The summed E-state index contributed by atoms with van der Waals surface area (Å²) in [6, 6.07) is 13.5. The highest BCUT2D eigenvalue weighted by atomic mass is 16.2. The molecule has 0 saturated carbocycles. The molecule has 0 spiro atoms. The highest BCUT2D eigenvalue weighted by Crippen LogP contribution is 2.34. The lowest BCUT2D eigenvalue weighted by Gasteiger charge is -2.46. The van der Waals surface area contributed by atoms with Gasteiger partial charge in [0.05, 0.1) is 11.3 Å². The van der Waals surface area contributed by atoms with Crippen LogP contribution in [0.2, 0.25) is 0 Å². The lowest BCUT2D eigenvalue weighted by atomic mass is 9.97. The van der Waals surface area contributed by atoms with E-state index in [2.05, 4.69) is 16.3 Å². The van der Waals surface area contributed by atoms with Crippen molar-refractivity contribution in [1.29, 1.82) is 0 Å². The van der Waals surface area contributed by atoms with Crippen LogP contribution in [-0.4, -0.2) is 36.5 Å². The zero-order valence-electron chi connectivity index (χ0n) is 15.9. The largest absolute Gasteiger partial charge is 0.354 e. The fourth-order valence-corrected chi connectivity index (χ4v) is 4.12. The third-order valence-corrected chi connectivity index (χ3v) is 5.58. The molecule has 140 valence electrons. The number of piperidine rings is 1. The minimum Gasteiger partial charge on any atom is -0.354 e. The van der Waals surface area contributed by atoms with Crippen molar-refractivity contribution in [2.45, 2.75) is 38.9 Å². The summed E-state index contributed by atoms with van der Waals surface area (Å²) in [5, 5.41) is 2.98. The Morgan fingerprint density at radius 3 is 2.85 bits per heavy atom. The highest BCUT2D eigenvalue weighted by Gasteiger charge is 2.37. The zero-order valence-corrected chi connectivity index (χ0v) is 15.9. The van der Waals surface area contributed by atoms with Crippen LogP contribution in [0.15, 0.2) is 42.5 Å². The quantitative estimate of drug-likeness (QED) is 0.910. The molecule has 0 unspecified atom stereocenters. The second-order valence-corrected chi connectivity index (χ2v) is 7.49. The van der Waals surface area contributed by atoms with Crippen LogP contribution in [0.1, 0.15) is 51.1 Å². The number of hydrogen-bond acceptors (Lipinski definition) is 3. The summed E-state index contributed by atoms with van der Waals surface area (Å²) >= 11 is 0. The number of nitrogens with one attached hydrogen (secondary N) is 1. The number of carbonyl (C=O) groups is 2. The van der Waals surface area contributed by atoms with Crippen molar-refractivity contribution in [2.24, 2.45) is 0 Å².